The van der Waals surface area contributed by atoms with Crippen molar-refractivity contribution < 1.29 is 17.9 Å². The molecule has 0 spiro atoms. The molecule has 0 aliphatic carbocycles. The molecule has 0 aliphatic heterocycles. The summed E-state index contributed by atoms with van der Waals surface area (Å²) < 4.78 is 42.5. The van der Waals surface area contributed by atoms with Gasteiger partial charge in [-0.25, -0.2) is 9.97 Å². The molecule has 0 saturated carbocycles. The van der Waals surface area contributed by atoms with Crippen LogP contribution >= 0.6 is 11.6 Å². The van der Waals surface area contributed by atoms with E-state index < -0.39 is 12.3 Å². The van der Waals surface area contributed by atoms with E-state index in [4.69, 9.17) is 16.3 Å². The van der Waals surface area contributed by atoms with Gasteiger partial charge in [0.05, 0.1) is 0 Å². The van der Waals surface area contributed by atoms with E-state index in [1.54, 1.807) is 24.3 Å². The summed E-state index contributed by atoms with van der Waals surface area (Å²) in [6, 6.07) is 6.50. The molecule has 0 aliphatic rings. The molecule has 0 bridgehead atoms. The van der Waals surface area contributed by atoms with Crippen molar-refractivity contribution in [3.63, 3.8) is 0 Å². The summed E-state index contributed by atoms with van der Waals surface area (Å²) in [7, 11) is 0. The van der Waals surface area contributed by atoms with Crippen molar-refractivity contribution in [1.82, 2.24) is 9.97 Å². The van der Waals surface area contributed by atoms with Gasteiger partial charge in [0, 0.05) is 23.0 Å². The van der Waals surface area contributed by atoms with Crippen LogP contribution in [-0.4, -0.2) is 22.2 Å². The molecule has 1 heterocycles. The lowest BCUT2D eigenvalue weighted by molar-refractivity contribution is -0.189. The lowest BCUT2D eigenvalue weighted by Crippen LogP contribution is -2.31. The Kier molecular flexibility index (Phi) is 4.13. The molecule has 2 aromatic rings. The minimum Gasteiger partial charge on any atom is -0.463 e. The Bertz CT molecular complexity index is 587. The highest BCUT2D eigenvalue weighted by molar-refractivity contribution is 6.30. The van der Waals surface area contributed by atoms with Crippen LogP contribution in [0.3, 0.4) is 0 Å². The molecule has 1 aromatic carbocycles. The van der Waals surface area contributed by atoms with Gasteiger partial charge in [0.15, 0.2) is 6.10 Å². The highest BCUT2D eigenvalue weighted by atomic mass is 35.5. The molecule has 20 heavy (non-hydrogen) atoms. The third kappa shape index (κ3) is 3.39. The molecule has 2 rings (SSSR count). The zero-order valence-corrected chi connectivity index (χ0v) is 11.1. The number of nitrogens with zero attached hydrogens (tertiary/aromatic N) is 2. The number of hydrogen-bond acceptors (Lipinski definition) is 3. The molecule has 0 fully saturated rings. The van der Waals surface area contributed by atoms with Crippen LogP contribution < -0.4 is 4.74 Å². The first-order valence-electron chi connectivity index (χ1n) is 5.68. The average Bonchev–Trinajstić information content (AvgIpc) is 2.39. The van der Waals surface area contributed by atoms with Gasteiger partial charge in [-0.3, -0.25) is 0 Å². The maximum Gasteiger partial charge on any atom is 0.425 e. The summed E-state index contributed by atoms with van der Waals surface area (Å²) in [5.74, 6) is -0.167. The van der Waals surface area contributed by atoms with Gasteiger partial charge in [-0.1, -0.05) is 23.7 Å². The molecule has 3 nitrogen and oxygen atoms in total. The van der Waals surface area contributed by atoms with E-state index >= 15 is 0 Å². The first-order chi connectivity index (χ1) is 9.38. The Balaban J connectivity index is 2.33. The van der Waals surface area contributed by atoms with E-state index in [2.05, 4.69) is 9.97 Å². The normalized spacial score (nSPS) is 13.1. The second-order valence-corrected chi connectivity index (χ2v) is 4.46. The Morgan fingerprint density at radius 3 is 2.30 bits per heavy atom. The molecule has 1 aromatic heterocycles. The summed E-state index contributed by atoms with van der Waals surface area (Å²) in [6.07, 6.45) is -3.77. The predicted octanol–water partition coefficient (Wildman–Crippen LogP) is 4.13. The quantitative estimate of drug-likeness (QED) is 0.855. The minimum absolute atomic E-state index is 0.167. The van der Waals surface area contributed by atoms with Crippen LogP contribution in [0.1, 0.15) is 6.92 Å². The maximum absolute atomic E-state index is 12.5. The first-order valence-corrected chi connectivity index (χ1v) is 6.06. The van der Waals surface area contributed by atoms with Gasteiger partial charge in [0.2, 0.25) is 5.88 Å². The molecule has 0 saturated heterocycles. The van der Waals surface area contributed by atoms with E-state index in [0.29, 0.717) is 10.6 Å². The summed E-state index contributed by atoms with van der Waals surface area (Å²) in [5.41, 5.74) is 0.812. The van der Waals surface area contributed by atoms with Gasteiger partial charge >= 0.3 is 6.18 Å². The Labute approximate surface area is 118 Å². The highest BCUT2D eigenvalue weighted by Gasteiger charge is 2.38. The van der Waals surface area contributed by atoms with Gasteiger partial charge in [0.25, 0.3) is 0 Å². The first kappa shape index (κ1) is 14.6. The van der Waals surface area contributed by atoms with Crippen molar-refractivity contribution in [2.45, 2.75) is 19.2 Å². The molecule has 1 atom stereocenters. The predicted molar refractivity (Wildman–Crippen MR) is 68.6 cm³/mol. The second kappa shape index (κ2) is 5.66. The summed E-state index contributed by atoms with van der Waals surface area (Å²) in [4.78, 5) is 7.83. The highest BCUT2D eigenvalue weighted by Crippen LogP contribution is 2.30. The van der Waals surface area contributed by atoms with Gasteiger partial charge in [-0.05, 0) is 19.1 Å². The van der Waals surface area contributed by atoms with Crippen LogP contribution in [0, 0.1) is 0 Å². The van der Waals surface area contributed by atoms with E-state index in [0.717, 1.165) is 6.92 Å². The van der Waals surface area contributed by atoms with Gasteiger partial charge in [-0.2, -0.15) is 13.2 Å². The third-order valence-corrected chi connectivity index (χ3v) is 2.78. The topological polar surface area (TPSA) is 35.0 Å². The summed E-state index contributed by atoms with van der Waals surface area (Å²) in [6.45, 7) is 0.917. The van der Waals surface area contributed by atoms with Crippen molar-refractivity contribution >= 4 is 11.6 Å². The smallest absolute Gasteiger partial charge is 0.425 e. The number of ether oxygens (including phenoxy) is 1. The fourth-order valence-corrected chi connectivity index (χ4v) is 1.58. The SMILES string of the molecule is CC(Oc1nccnc1-c1ccc(Cl)cc1)C(F)(F)F. The number of alkyl halides is 3. The average molecular weight is 303 g/mol. The van der Waals surface area contributed by atoms with Crippen molar-refractivity contribution in [2.75, 3.05) is 0 Å². The largest absolute Gasteiger partial charge is 0.463 e. The monoisotopic (exact) mass is 302 g/mol. The van der Waals surface area contributed by atoms with Crippen LogP contribution in [0.5, 0.6) is 5.88 Å². The van der Waals surface area contributed by atoms with Crippen molar-refractivity contribution in [3.05, 3.63) is 41.7 Å². The summed E-state index contributed by atoms with van der Waals surface area (Å²) >= 11 is 5.77. The molecule has 7 heteroatoms. The van der Waals surface area contributed by atoms with Crippen molar-refractivity contribution in [2.24, 2.45) is 0 Å². The van der Waals surface area contributed by atoms with Crippen LogP contribution in [-0.2, 0) is 0 Å². The fraction of sp³-hybridized carbons (Fsp3) is 0.231. The lowest BCUT2D eigenvalue weighted by Gasteiger charge is -2.18. The fourth-order valence-electron chi connectivity index (χ4n) is 1.45. The van der Waals surface area contributed by atoms with E-state index in [-0.39, 0.29) is 11.6 Å². The van der Waals surface area contributed by atoms with Crippen molar-refractivity contribution in [3.8, 4) is 17.1 Å². The number of rotatable bonds is 3. The van der Waals surface area contributed by atoms with Crippen molar-refractivity contribution in [1.29, 1.82) is 0 Å². The van der Waals surface area contributed by atoms with E-state index in [9.17, 15) is 13.2 Å². The minimum atomic E-state index is -4.46. The Morgan fingerprint density at radius 2 is 1.70 bits per heavy atom. The molecule has 0 N–H and O–H groups in total. The van der Waals surface area contributed by atoms with Gasteiger partial charge in [-0.15, -0.1) is 0 Å². The zero-order valence-electron chi connectivity index (χ0n) is 10.4. The van der Waals surface area contributed by atoms with Crippen LogP contribution in [0.2, 0.25) is 5.02 Å². The molecule has 0 radical (unpaired) electrons. The molecule has 106 valence electrons. The van der Waals surface area contributed by atoms with Crippen LogP contribution in [0.25, 0.3) is 11.3 Å². The Morgan fingerprint density at radius 1 is 1.10 bits per heavy atom. The van der Waals surface area contributed by atoms with Gasteiger partial charge < -0.3 is 4.74 Å². The number of halogens is 4. The van der Waals surface area contributed by atoms with Crippen LogP contribution in [0.4, 0.5) is 13.2 Å². The third-order valence-electron chi connectivity index (χ3n) is 2.53. The molecule has 0 amide bonds. The number of aromatic nitrogens is 2. The number of hydrogen-bond donors (Lipinski definition) is 0. The number of benzene rings is 1. The van der Waals surface area contributed by atoms with E-state index in [1.807, 2.05) is 0 Å². The van der Waals surface area contributed by atoms with Gasteiger partial charge in [0.1, 0.15) is 5.69 Å². The van der Waals surface area contributed by atoms with Crippen LogP contribution in [0.15, 0.2) is 36.7 Å². The molecule has 1 unspecified atom stereocenters. The molecular weight excluding hydrogens is 293 g/mol. The maximum atomic E-state index is 12.5. The van der Waals surface area contributed by atoms with E-state index in [1.165, 1.54) is 12.4 Å². The lowest BCUT2D eigenvalue weighted by atomic mass is 10.1. The zero-order chi connectivity index (χ0) is 14.8. The Hall–Kier alpha value is -1.82. The standard InChI is InChI=1S/C13H10ClF3N2O/c1-8(13(15,16)17)20-12-11(18-6-7-19-12)9-2-4-10(14)5-3-9/h2-8H,1H3. The second-order valence-electron chi connectivity index (χ2n) is 4.02. The molecular formula is C13H10ClF3N2O. The summed E-state index contributed by atoms with van der Waals surface area (Å²) in [5, 5.41) is 0.517.